The number of fused-ring (bicyclic) bond motifs is 1. The first-order valence-corrected chi connectivity index (χ1v) is 5.60. The Morgan fingerprint density at radius 2 is 2.16 bits per heavy atom. The number of ether oxygens (including phenoxy) is 1. The Morgan fingerprint density at radius 3 is 2.84 bits per heavy atom. The Morgan fingerprint density at radius 1 is 1.42 bits per heavy atom. The van der Waals surface area contributed by atoms with Crippen molar-refractivity contribution in [2.45, 2.75) is 19.6 Å². The molecular formula is C11H13F3N4O. The average molecular weight is 274 g/mol. The molecule has 0 aliphatic rings. The molecule has 2 aromatic rings. The molecule has 0 radical (unpaired) electrons. The molecule has 0 atom stereocenters. The van der Waals surface area contributed by atoms with Gasteiger partial charge in [0.15, 0.2) is 5.65 Å². The van der Waals surface area contributed by atoms with Gasteiger partial charge in [0.1, 0.15) is 12.1 Å². The molecule has 0 saturated carbocycles. The zero-order chi connectivity index (χ0) is 14.0. The van der Waals surface area contributed by atoms with Gasteiger partial charge in [-0.05, 0) is 18.6 Å². The van der Waals surface area contributed by atoms with Gasteiger partial charge < -0.3 is 10.5 Å². The highest BCUT2D eigenvalue weighted by Crippen LogP contribution is 2.17. The molecule has 0 bridgehead atoms. The van der Waals surface area contributed by atoms with Crippen molar-refractivity contribution in [3.05, 3.63) is 17.8 Å². The number of hydrogen-bond acceptors (Lipinski definition) is 4. The third-order valence-corrected chi connectivity index (χ3v) is 2.48. The summed E-state index contributed by atoms with van der Waals surface area (Å²) in [4.78, 5) is 8.27. The second-order valence-electron chi connectivity index (χ2n) is 4.14. The van der Waals surface area contributed by atoms with Crippen molar-refractivity contribution in [1.29, 1.82) is 0 Å². The molecule has 5 nitrogen and oxygen atoms in total. The van der Waals surface area contributed by atoms with Crippen molar-refractivity contribution >= 4 is 17.1 Å². The van der Waals surface area contributed by atoms with Gasteiger partial charge in [0.05, 0.1) is 13.2 Å². The maximum Gasteiger partial charge on any atom is 0.411 e. The second-order valence-corrected chi connectivity index (χ2v) is 4.14. The molecule has 0 unspecified atom stereocenters. The van der Waals surface area contributed by atoms with Crippen LogP contribution in [0.15, 0.2) is 12.3 Å². The topological polar surface area (TPSA) is 66.0 Å². The van der Waals surface area contributed by atoms with Crippen LogP contribution in [0.1, 0.15) is 5.56 Å². The minimum atomic E-state index is -4.32. The van der Waals surface area contributed by atoms with Gasteiger partial charge in [-0.1, -0.05) is 0 Å². The van der Waals surface area contributed by atoms with Crippen LogP contribution in [-0.2, 0) is 11.3 Å². The maximum atomic E-state index is 11.9. The zero-order valence-electron chi connectivity index (χ0n) is 10.2. The molecule has 0 saturated heterocycles. The molecule has 2 N–H and O–H groups in total. The molecule has 0 aromatic carbocycles. The van der Waals surface area contributed by atoms with Gasteiger partial charge in [-0.25, -0.2) is 9.97 Å². The number of hydrogen-bond donors (Lipinski definition) is 1. The Labute approximate surface area is 107 Å². The predicted octanol–water partition coefficient (Wildman–Crippen LogP) is 1.90. The molecule has 0 fully saturated rings. The van der Waals surface area contributed by atoms with E-state index in [0.29, 0.717) is 11.2 Å². The summed E-state index contributed by atoms with van der Waals surface area (Å²) in [5.41, 5.74) is 7.80. The van der Waals surface area contributed by atoms with E-state index in [1.165, 1.54) is 4.57 Å². The summed E-state index contributed by atoms with van der Waals surface area (Å²) in [7, 11) is 0. The van der Waals surface area contributed by atoms with Crippen LogP contribution in [0.25, 0.3) is 11.2 Å². The molecule has 2 heterocycles. The van der Waals surface area contributed by atoms with Gasteiger partial charge in [0.25, 0.3) is 0 Å². The monoisotopic (exact) mass is 274 g/mol. The van der Waals surface area contributed by atoms with Crippen molar-refractivity contribution in [1.82, 2.24) is 14.5 Å². The van der Waals surface area contributed by atoms with E-state index in [9.17, 15) is 13.2 Å². The minimum absolute atomic E-state index is 0.106. The number of nitrogen functional groups attached to an aromatic ring is 1. The summed E-state index contributed by atoms with van der Waals surface area (Å²) in [6, 6.07) is 1.81. The lowest BCUT2D eigenvalue weighted by molar-refractivity contribution is -0.174. The summed E-state index contributed by atoms with van der Waals surface area (Å²) >= 11 is 0. The first-order chi connectivity index (χ1) is 8.87. The van der Waals surface area contributed by atoms with Crippen LogP contribution in [0.5, 0.6) is 0 Å². The molecule has 0 aliphatic heterocycles. The third kappa shape index (κ3) is 3.34. The number of anilines is 1. The molecule has 0 amide bonds. The highest BCUT2D eigenvalue weighted by Gasteiger charge is 2.27. The molecule has 2 rings (SSSR count). The van der Waals surface area contributed by atoms with Gasteiger partial charge in [0, 0.05) is 6.20 Å². The largest absolute Gasteiger partial charge is 0.411 e. The molecule has 8 heteroatoms. The number of rotatable bonds is 4. The number of imidazole rings is 1. The van der Waals surface area contributed by atoms with Crippen molar-refractivity contribution in [3.63, 3.8) is 0 Å². The quantitative estimate of drug-likeness (QED) is 0.865. The van der Waals surface area contributed by atoms with E-state index in [-0.39, 0.29) is 19.1 Å². The van der Waals surface area contributed by atoms with E-state index in [1.807, 2.05) is 13.0 Å². The maximum absolute atomic E-state index is 11.9. The van der Waals surface area contributed by atoms with Gasteiger partial charge in [-0.2, -0.15) is 13.2 Å². The Balaban J connectivity index is 2.06. The number of halogens is 3. The van der Waals surface area contributed by atoms with Crippen LogP contribution in [0, 0.1) is 6.92 Å². The van der Waals surface area contributed by atoms with Crippen molar-refractivity contribution < 1.29 is 17.9 Å². The summed E-state index contributed by atoms with van der Waals surface area (Å²) < 4.78 is 41.8. The second kappa shape index (κ2) is 5.04. The van der Waals surface area contributed by atoms with Gasteiger partial charge >= 0.3 is 6.18 Å². The normalized spacial score (nSPS) is 12.2. The molecule has 19 heavy (non-hydrogen) atoms. The van der Waals surface area contributed by atoms with Gasteiger partial charge in [0.2, 0.25) is 5.95 Å². The summed E-state index contributed by atoms with van der Waals surface area (Å²) in [5.74, 6) is 0.212. The highest BCUT2D eigenvalue weighted by atomic mass is 19.4. The number of aromatic nitrogens is 3. The number of aryl methyl sites for hydroxylation is 1. The van der Waals surface area contributed by atoms with E-state index in [0.717, 1.165) is 5.56 Å². The smallest absolute Gasteiger partial charge is 0.370 e. The summed E-state index contributed by atoms with van der Waals surface area (Å²) in [5, 5.41) is 0. The molecule has 0 spiro atoms. The van der Waals surface area contributed by atoms with Crippen LogP contribution < -0.4 is 5.73 Å². The number of pyridine rings is 1. The summed E-state index contributed by atoms with van der Waals surface area (Å²) in [6.07, 6.45) is -2.67. The Bertz CT molecular complexity index is 579. The van der Waals surface area contributed by atoms with Crippen LogP contribution >= 0.6 is 0 Å². The predicted molar refractivity (Wildman–Crippen MR) is 63.6 cm³/mol. The minimum Gasteiger partial charge on any atom is -0.370 e. The van der Waals surface area contributed by atoms with E-state index in [2.05, 4.69) is 14.7 Å². The summed E-state index contributed by atoms with van der Waals surface area (Å²) in [6.45, 7) is 0.666. The lowest BCUT2D eigenvalue weighted by Gasteiger charge is -2.09. The fourth-order valence-electron chi connectivity index (χ4n) is 1.69. The third-order valence-electron chi connectivity index (χ3n) is 2.48. The molecule has 2 aromatic heterocycles. The van der Waals surface area contributed by atoms with E-state index >= 15 is 0 Å². The van der Waals surface area contributed by atoms with Crippen molar-refractivity contribution in [3.8, 4) is 0 Å². The standard InChI is InChI=1S/C11H13F3N4O/c1-7-4-8-9(16-5-7)18(10(15)17-8)2-3-19-6-11(12,13)14/h4-5H,2-3,6H2,1H3,(H2,15,17). The molecular weight excluding hydrogens is 261 g/mol. The van der Waals surface area contributed by atoms with E-state index in [1.54, 1.807) is 6.20 Å². The van der Waals surface area contributed by atoms with Crippen molar-refractivity contribution in [2.75, 3.05) is 18.9 Å². The van der Waals surface area contributed by atoms with Crippen molar-refractivity contribution in [2.24, 2.45) is 0 Å². The van der Waals surface area contributed by atoms with E-state index < -0.39 is 12.8 Å². The lowest BCUT2D eigenvalue weighted by Crippen LogP contribution is -2.19. The fraction of sp³-hybridized carbons (Fsp3) is 0.455. The SMILES string of the molecule is Cc1cnc2c(c1)nc(N)n2CCOCC(F)(F)F. The number of alkyl halides is 3. The molecule has 104 valence electrons. The van der Waals surface area contributed by atoms with Crippen LogP contribution in [-0.4, -0.2) is 33.9 Å². The molecule has 0 aliphatic carbocycles. The first kappa shape index (κ1) is 13.6. The first-order valence-electron chi connectivity index (χ1n) is 5.60. The number of nitrogens with two attached hydrogens (primary N) is 1. The van der Waals surface area contributed by atoms with Gasteiger partial charge in [-0.15, -0.1) is 0 Å². The average Bonchev–Trinajstić information content (AvgIpc) is 2.58. The lowest BCUT2D eigenvalue weighted by atomic mass is 10.3. The van der Waals surface area contributed by atoms with Crippen LogP contribution in [0.3, 0.4) is 0 Å². The van der Waals surface area contributed by atoms with Gasteiger partial charge in [-0.3, -0.25) is 4.57 Å². The highest BCUT2D eigenvalue weighted by molar-refractivity contribution is 5.74. The van der Waals surface area contributed by atoms with Crippen LogP contribution in [0.4, 0.5) is 19.1 Å². The van der Waals surface area contributed by atoms with Crippen LogP contribution in [0.2, 0.25) is 0 Å². The fourth-order valence-corrected chi connectivity index (χ4v) is 1.69. The Hall–Kier alpha value is -1.83. The van der Waals surface area contributed by atoms with E-state index in [4.69, 9.17) is 5.73 Å². The Kier molecular flexibility index (Phi) is 3.61. The zero-order valence-corrected chi connectivity index (χ0v) is 10.2. The number of nitrogens with zero attached hydrogens (tertiary/aromatic N) is 3.